The summed E-state index contributed by atoms with van der Waals surface area (Å²) in [6.07, 6.45) is 2.07. The van der Waals surface area contributed by atoms with Crippen molar-refractivity contribution < 1.29 is 5.11 Å². The average Bonchev–Trinajstić information content (AvgIpc) is 2.84. The van der Waals surface area contributed by atoms with E-state index >= 15 is 0 Å². The first-order chi connectivity index (χ1) is 8.84. The predicted octanol–water partition coefficient (Wildman–Crippen LogP) is 3.44. The summed E-state index contributed by atoms with van der Waals surface area (Å²) in [5.74, 6) is 0. The summed E-state index contributed by atoms with van der Waals surface area (Å²) in [6, 6.07) is 18.1. The SMILES string of the molecule is OC(Cc1ccccc1)c1c[nH]c2ccccc12. The van der Waals surface area contributed by atoms with Crippen LogP contribution >= 0.6 is 0 Å². The van der Waals surface area contributed by atoms with Gasteiger partial charge in [0.15, 0.2) is 0 Å². The van der Waals surface area contributed by atoms with E-state index in [0.29, 0.717) is 6.42 Å². The van der Waals surface area contributed by atoms with Gasteiger partial charge in [-0.3, -0.25) is 0 Å². The maximum Gasteiger partial charge on any atom is 0.0850 e. The number of aromatic nitrogens is 1. The van der Waals surface area contributed by atoms with Gasteiger partial charge in [0.05, 0.1) is 6.10 Å². The maximum absolute atomic E-state index is 10.3. The average molecular weight is 237 g/mol. The van der Waals surface area contributed by atoms with Crippen molar-refractivity contribution in [1.82, 2.24) is 4.98 Å². The lowest BCUT2D eigenvalue weighted by Gasteiger charge is -2.09. The molecule has 1 unspecified atom stereocenters. The van der Waals surface area contributed by atoms with Crippen molar-refractivity contribution in [3.05, 3.63) is 71.9 Å². The third-order valence-corrected chi connectivity index (χ3v) is 3.25. The van der Waals surface area contributed by atoms with Crippen LogP contribution in [0.3, 0.4) is 0 Å². The molecule has 2 nitrogen and oxygen atoms in total. The first kappa shape index (κ1) is 11.1. The van der Waals surface area contributed by atoms with Crippen LogP contribution < -0.4 is 0 Å². The van der Waals surface area contributed by atoms with Crippen LogP contribution in [0.5, 0.6) is 0 Å². The topological polar surface area (TPSA) is 36.0 Å². The number of aromatic amines is 1. The van der Waals surface area contributed by atoms with Gasteiger partial charge in [-0.15, -0.1) is 0 Å². The maximum atomic E-state index is 10.3. The quantitative estimate of drug-likeness (QED) is 0.719. The Kier molecular flexibility index (Phi) is 2.87. The highest BCUT2D eigenvalue weighted by atomic mass is 16.3. The summed E-state index contributed by atoms with van der Waals surface area (Å²) < 4.78 is 0. The number of benzene rings is 2. The van der Waals surface area contributed by atoms with Gasteiger partial charge in [0.2, 0.25) is 0 Å². The van der Waals surface area contributed by atoms with Gasteiger partial charge < -0.3 is 10.1 Å². The highest BCUT2D eigenvalue weighted by Gasteiger charge is 2.12. The third kappa shape index (κ3) is 2.03. The summed E-state index contributed by atoms with van der Waals surface area (Å²) in [4.78, 5) is 3.19. The lowest BCUT2D eigenvalue weighted by Crippen LogP contribution is -2.00. The molecule has 1 aromatic heterocycles. The lowest BCUT2D eigenvalue weighted by molar-refractivity contribution is 0.180. The van der Waals surface area contributed by atoms with Crippen LogP contribution in [-0.4, -0.2) is 10.1 Å². The van der Waals surface area contributed by atoms with Crippen LogP contribution in [0.4, 0.5) is 0 Å². The van der Waals surface area contributed by atoms with E-state index in [2.05, 4.69) is 4.98 Å². The molecule has 0 spiro atoms. The minimum Gasteiger partial charge on any atom is -0.388 e. The highest BCUT2D eigenvalue weighted by molar-refractivity contribution is 5.83. The summed E-state index contributed by atoms with van der Waals surface area (Å²) >= 11 is 0. The Balaban J connectivity index is 1.90. The number of rotatable bonds is 3. The van der Waals surface area contributed by atoms with Crippen LogP contribution in [0.1, 0.15) is 17.2 Å². The molecule has 1 atom stereocenters. The van der Waals surface area contributed by atoms with E-state index in [1.165, 1.54) is 0 Å². The van der Waals surface area contributed by atoms with Gasteiger partial charge in [-0.1, -0.05) is 48.5 Å². The number of hydrogen-bond acceptors (Lipinski definition) is 1. The Bertz CT molecular complexity index is 642. The minimum absolute atomic E-state index is 0.469. The minimum atomic E-state index is -0.469. The molecule has 2 aromatic carbocycles. The Morgan fingerprint density at radius 1 is 0.944 bits per heavy atom. The van der Waals surface area contributed by atoms with Crippen LogP contribution in [-0.2, 0) is 6.42 Å². The molecular formula is C16H15NO. The number of aliphatic hydroxyl groups is 1. The Labute approximate surface area is 106 Å². The second-order valence-corrected chi connectivity index (χ2v) is 4.50. The van der Waals surface area contributed by atoms with E-state index < -0.39 is 6.10 Å². The zero-order valence-electron chi connectivity index (χ0n) is 10.0. The van der Waals surface area contributed by atoms with Crippen LogP contribution in [0.2, 0.25) is 0 Å². The molecule has 2 N–H and O–H groups in total. The summed E-state index contributed by atoms with van der Waals surface area (Å²) in [7, 11) is 0. The molecule has 0 bridgehead atoms. The highest BCUT2D eigenvalue weighted by Crippen LogP contribution is 2.26. The van der Waals surface area contributed by atoms with Gasteiger partial charge in [-0.25, -0.2) is 0 Å². The van der Waals surface area contributed by atoms with Crippen molar-refractivity contribution >= 4 is 10.9 Å². The fourth-order valence-corrected chi connectivity index (χ4v) is 2.32. The van der Waals surface area contributed by atoms with Crippen molar-refractivity contribution in [3.63, 3.8) is 0 Å². The second-order valence-electron chi connectivity index (χ2n) is 4.50. The molecule has 0 saturated carbocycles. The molecule has 0 fully saturated rings. The molecule has 0 aliphatic heterocycles. The van der Waals surface area contributed by atoms with E-state index in [1.54, 1.807) is 0 Å². The van der Waals surface area contributed by atoms with Gasteiger partial charge in [0.1, 0.15) is 0 Å². The largest absolute Gasteiger partial charge is 0.388 e. The van der Waals surface area contributed by atoms with Crippen LogP contribution in [0.15, 0.2) is 60.8 Å². The Hall–Kier alpha value is -2.06. The number of para-hydroxylation sites is 1. The van der Waals surface area contributed by atoms with Crippen molar-refractivity contribution in [2.75, 3.05) is 0 Å². The molecule has 18 heavy (non-hydrogen) atoms. The molecule has 90 valence electrons. The smallest absolute Gasteiger partial charge is 0.0850 e. The first-order valence-corrected chi connectivity index (χ1v) is 6.12. The van der Waals surface area contributed by atoms with Crippen molar-refractivity contribution in [1.29, 1.82) is 0 Å². The number of fused-ring (bicyclic) bond motifs is 1. The second kappa shape index (κ2) is 4.67. The van der Waals surface area contributed by atoms with E-state index in [0.717, 1.165) is 22.0 Å². The Morgan fingerprint density at radius 3 is 2.50 bits per heavy atom. The van der Waals surface area contributed by atoms with Crippen molar-refractivity contribution in [3.8, 4) is 0 Å². The van der Waals surface area contributed by atoms with Gasteiger partial charge in [0, 0.05) is 29.1 Å². The molecule has 0 amide bonds. The van der Waals surface area contributed by atoms with Crippen LogP contribution in [0, 0.1) is 0 Å². The number of nitrogens with one attached hydrogen (secondary N) is 1. The summed E-state index contributed by atoms with van der Waals surface area (Å²) in [6.45, 7) is 0. The van der Waals surface area contributed by atoms with Gasteiger partial charge >= 0.3 is 0 Å². The molecular weight excluding hydrogens is 222 g/mol. The monoisotopic (exact) mass is 237 g/mol. The lowest BCUT2D eigenvalue weighted by atomic mass is 10.0. The van der Waals surface area contributed by atoms with E-state index in [1.807, 2.05) is 60.8 Å². The number of hydrogen-bond donors (Lipinski definition) is 2. The zero-order valence-corrected chi connectivity index (χ0v) is 10.0. The van der Waals surface area contributed by atoms with E-state index in [-0.39, 0.29) is 0 Å². The van der Waals surface area contributed by atoms with Gasteiger partial charge in [-0.2, -0.15) is 0 Å². The predicted molar refractivity (Wildman–Crippen MR) is 73.4 cm³/mol. The van der Waals surface area contributed by atoms with Crippen molar-refractivity contribution in [2.45, 2.75) is 12.5 Å². The first-order valence-electron chi connectivity index (χ1n) is 6.12. The van der Waals surface area contributed by atoms with Crippen LogP contribution in [0.25, 0.3) is 10.9 Å². The molecule has 2 heteroatoms. The molecule has 3 aromatic rings. The fourth-order valence-electron chi connectivity index (χ4n) is 2.32. The molecule has 0 saturated heterocycles. The van der Waals surface area contributed by atoms with E-state index in [9.17, 15) is 5.11 Å². The molecule has 0 aliphatic carbocycles. The number of aliphatic hydroxyl groups excluding tert-OH is 1. The molecule has 3 rings (SSSR count). The molecule has 1 heterocycles. The zero-order chi connectivity index (χ0) is 12.4. The standard InChI is InChI=1S/C16H15NO/c18-16(10-12-6-2-1-3-7-12)14-11-17-15-9-5-4-8-13(14)15/h1-9,11,16-18H,10H2. The van der Waals surface area contributed by atoms with E-state index in [4.69, 9.17) is 0 Å². The van der Waals surface area contributed by atoms with Gasteiger partial charge in [0.25, 0.3) is 0 Å². The normalized spacial score (nSPS) is 12.7. The molecule has 0 radical (unpaired) electrons. The number of H-pyrrole nitrogens is 1. The fraction of sp³-hybridized carbons (Fsp3) is 0.125. The molecule has 0 aliphatic rings. The summed E-state index contributed by atoms with van der Waals surface area (Å²) in [5.41, 5.74) is 3.18. The summed E-state index contributed by atoms with van der Waals surface area (Å²) in [5, 5.41) is 11.4. The van der Waals surface area contributed by atoms with Crippen molar-refractivity contribution in [2.24, 2.45) is 0 Å². The Morgan fingerprint density at radius 2 is 1.67 bits per heavy atom. The van der Waals surface area contributed by atoms with Gasteiger partial charge in [-0.05, 0) is 11.6 Å². The third-order valence-electron chi connectivity index (χ3n) is 3.25.